The van der Waals surface area contributed by atoms with E-state index < -0.39 is 10.0 Å². The standard InChI is InChI=1S/C14H23N3O3S/c1-10-14(11(2)16(15-10)6-3-7-18)21(19,20)17-9-12-4-5-13(17)8-12/h12-13,18H,3-9H2,1-2H3. The van der Waals surface area contributed by atoms with Gasteiger partial charge in [-0.05, 0) is 45.4 Å². The maximum atomic E-state index is 13.0. The lowest BCUT2D eigenvalue weighted by Crippen LogP contribution is -2.38. The highest BCUT2D eigenvalue weighted by molar-refractivity contribution is 7.89. The second-order valence-corrected chi connectivity index (χ2v) is 8.04. The first-order valence-corrected chi connectivity index (χ1v) is 9.06. The van der Waals surface area contributed by atoms with Crippen LogP contribution >= 0.6 is 0 Å². The number of aromatic nitrogens is 2. The number of aliphatic hydroxyl groups is 1. The van der Waals surface area contributed by atoms with Gasteiger partial charge in [0.25, 0.3) is 0 Å². The summed E-state index contributed by atoms with van der Waals surface area (Å²) in [7, 11) is -3.45. The number of nitrogens with zero attached hydrogens (tertiary/aromatic N) is 3. The Morgan fingerprint density at radius 2 is 2.10 bits per heavy atom. The minimum Gasteiger partial charge on any atom is -0.396 e. The van der Waals surface area contributed by atoms with E-state index in [4.69, 9.17) is 5.11 Å². The molecule has 21 heavy (non-hydrogen) atoms. The van der Waals surface area contributed by atoms with E-state index in [0.717, 1.165) is 19.3 Å². The summed E-state index contributed by atoms with van der Waals surface area (Å²) in [6.45, 7) is 4.84. The molecule has 1 N–H and O–H groups in total. The summed E-state index contributed by atoms with van der Waals surface area (Å²) in [5.41, 5.74) is 1.25. The number of hydrogen-bond acceptors (Lipinski definition) is 4. The minimum atomic E-state index is -3.45. The summed E-state index contributed by atoms with van der Waals surface area (Å²) in [6.07, 6.45) is 3.73. The van der Waals surface area contributed by atoms with Crippen LogP contribution in [0.1, 0.15) is 37.1 Å². The summed E-state index contributed by atoms with van der Waals surface area (Å²) in [4.78, 5) is 0.369. The van der Waals surface area contributed by atoms with Crippen LogP contribution in [-0.4, -0.2) is 46.8 Å². The first-order chi connectivity index (χ1) is 9.95. The van der Waals surface area contributed by atoms with Crippen molar-refractivity contribution in [2.75, 3.05) is 13.2 Å². The Kier molecular flexibility index (Phi) is 3.83. The monoisotopic (exact) mass is 313 g/mol. The van der Waals surface area contributed by atoms with E-state index in [2.05, 4.69) is 5.10 Å². The molecule has 7 heteroatoms. The molecular formula is C14H23N3O3S. The van der Waals surface area contributed by atoms with E-state index in [1.807, 2.05) is 0 Å². The van der Waals surface area contributed by atoms with E-state index in [0.29, 0.717) is 41.7 Å². The molecule has 0 radical (unpaired) electrons. The molecule has 2 unspecified atom stereocenters. The smallest absolute Gasteiger partial charge is 0.247 e. The van der Waals surface area contributed by atoms with Gasteiger partial charge >= 0.3 is 0 Å². The van der Waals surface area contributed by atoms with Crippen molar-refractivity contribution in [2.24, 2.45) is 5.92 Å². The molecule has 3 rings (SSSR count). The van der Waals surface area contributed by atoms with Crippen LogP contribution in [0.25, 0.3) is 0 Å². The van der Waals surface area contributed by atoms with Gasteiger partial charge in [-0.1, -0.05) is 0 Å². The molecular weight excluding hydrogens is 290 g/mol. The van der Waals surface area contributed by atoms with Crippen LogP contribution in [0.15, 0.2) is 4.90 Å². The largest absolute Gasteiger partial charge is 0.396 e. The topological polar surface area (TPSA) is 75.4 Å². The highest BCUT2D eigenvalue weighted by Gasteiger charge is 2.45. The molecule has 2 heterocycles. The number of sulfonamides is 1. The fourth-order valence-corrected chi connectivity index (χ4v) is 5.90. The van der Waals surface area contributed by atoms with E-state index in [-0.39, 0.29) is 12.6 Å². The fourth-order valence-electron chi connectivity index (χ4n) is 3.78. The maximum absolute atomic E-state index is 13.0. The van der Waals surface area contributed by atoms with Gasteiger partial charge in [0.1, 0.15) is 4.90 Å². The highest BCUT2D eigenvalue weighted by Crippen LogP contribution is 2.41. The third-order valence-electron chi connectivity index (χ3n) is 4.77. The van der Waals surface area contributed by atoms with Crippen LogP contribution in [0.2, 0.25) is 0 Å². The Bertz CT molecular complexity index is 638. The molecule has 2 fully saturated rings. The lowest BCUT2D eigenvalue weighted by atomic mass is 10.1. The van der Waals surface area contributed by atoms with Crippen molar-refractivity contribution in [1.82, 2.24) is 14.1 Å². The first-order valence-electron chi connectivity index (χ1n) is 7.62. The van der Waals surface area contributed by atoms with Gasteiger partial charge < -0.3 is 5.11 Å². The number of hydrogen-bond donors (Lipinski definition) is 1. The van der Waals surface area contributed by atoms with Crippen molar-refractivity contribution in [3.63, 3.8) is 0 Å². The first kappa shape index (κ1) is 15.0. The van der Waals surface area contributed by atoms with Crippen LogP contribution in [0.4, 0.5) is 0 Å². The summed E-state index contributed by atoms with van der Waals surface area (Å²) in [5, 5.41) is 13.3. The Morgan fingerprint density at radius 1 is 1.33 bits per heavy atom. The molecule has 0 amide bonds. The Balaban J connectivity index is 1.94. The third kappa shape index (κ3) is 2.41. The van der Waals surface area contributed by atoms with Crippen molar-refractivity contribution in [2.45, 2.75) is 57.0 Å². The fraction of sp³-hybridized carbons (Fsp3) is 0.786. The predicted octanol–water partition coefficient (Wildman–Crippen LogP) is 1.06. The predicted molar refractivity (Wildman–Crippen MR) is 78.4 cm³/mol. The molecule has 0 aromatic carbocycles. The van der Waals surface area contributed by atoms with Crippen LogP contribution in [-0.2, 0) is 16.6 Å². The zero-order valence-electron chi connectivity index (χ0n) is 12.6. The second-order valence-electron chi connectivity index (χ2n) is 6.21. The van der Waals surface area contributed by atoms with Gasteiger partial charge in [0.05, 0.1) is 11.4 Å². The normalized spacial score (nSPS) is 25.9. The van der Waals surface area contributed by atoms with E-state index >= 15 is 0 Å². The Morgan fingerprint density at radius 3 is 2.67 bits per heavy atom. The Hall–Kier alpha value is -0.920. The number of fused-ring (bicyclic) bond motifs is 2. The van der Waals surface area contributed by atoms with Crippen molar-refractivity contribution in [3.8, 4) is 0 Å². The summed E-state index contributed by atoms with van der Waals surface area (Å²) in [5.74, 6) is 0.537. The molecule has 1 aromatic heterocycles. The highest BCUT2D eigenvalue weighted by atomic mass is 32.2. The van der Waals surface area contributed by atoms with Crippen LogP contribution < -0.4 is 0 Å². The number of rotatable bonds is 5. The van der Waals surface area contributed by atoms with Crippen molar-refractivity contribution in [1.29, 1.82) is 0 Å². The molecule has 118 valence electrons. The number of aliphatic hydroxyl groups excluding tert-OH is 1. The third-order valence-corrected chi connectivity index (χ3v) is 6.94. The van der Waals surface area contributed by atoms with Crippen LogP contribution in [0, 0.1) is 19.8 Å². The molecule has 2 atom stereocenters. The lowest BCUT2D eigenvalue weighted by Gasteiger charge is -2.26. The molecule has 6 nitrogen and oxygen atoms in total. The summed E-state index contributed by atoms with van der Waals surface area (Å²) >= 11 is 0. The summed E-state index contributed by atoms with van der Waals surface area (Å²) < 4.78 is 29.3. The molecule has 0 spiro atoms. The summed E-state index contributed by atoms with van der Waals surface area (Å²) in [6, 6.07) is 0.180. The Labute approximate surface area is 125 Å². The average molecular weight is 313 g/mol. The van der Waals surface area contributed by atoms with Crippen LogP contribution in [0.5, 0.6) is 0 Å². The van der Waals surface area contributed by atoms with Gasteiger partial charge in [0, 0.05) is 25.7 Å². The molecule has 2 aliphatic rings. The zero-order chi connectivity index (χ0) is 15.2. The van der Waals surface area contributed by atoms with Crippen molar-refractivity contribution >= 4 is 10.0 Å². The lowest BCUT2D eigenvalue weighted by molar-refractivity contribution is 0.276. The van der Waals surface area contributed by atoms with Crippen LogP contribution in [0.3, 0.4) is 0 Å². The average Bonchev–Trinajstić information content (AvgIpc) is 3.11. The van der Waals surface area contributed by atoms with Gasteiger partial charge in [-0.3, -0.25) is 4.68 Å². The van der Waals surface area contributed by atoms with E-state index in [9.17, 15) is 8.42 Å². The number of aryl methyl sites for hydroxylation is 2. The zero-order valence-corrected chi connectivity index (χ0v) is 13.4. The van der Waals surface area contributed by atoms with E-state index in [1.165, 1.54) is 0 Å². The molecule has 1 saturated heterocycles. The quantitative estimate of drug-likeness (QED) is 0.882. The SMILES string of the molecule is Cc1nn(CCCO)c(C)c1S(=O)(=O)N1CC2CCC1C2. The molecule has 1 saturated carbocycles. The maximum Gasteiger partial charge on any atom is 0.247 e. The van der Waals surface area contributed by atoms with Gasteiger partial charge in [-0.15, -0.1) is 0 Å². The molecule has 1 aliphatic heterocycles. The van der Waals surface area contributed by atoms with Crippen molar-refractivity contribution in [3.05, 3.63) is 11.4 Å². The van der Waals surface area contributed by atoms with Crippen molar-refractivity contribution < 1.29 is 13.5 Å². The molecule has 1 aliphatic carbocycles. The van der Waals surface area contributed by atoms with Gasteiger partial charge in [0.2, 0.25) is 10.0 Å². The van der Waals surface area contributed by atoms with Gasteiger partial charge in [-0.25, -0.2) is 8.42 Å². The molecule has 1 aromatic rings. The molecule has 2 bridgehead atoms. The van der Waals surface area contributed by atoms with E-state index in [1.54, 1.807) is 22.8 Å². The van der Waals surface area contributed by atoms with Gasteiger partial charge in [0.15, 0.2) is 0 Å². The number of piperidine rings is 1. The minimum absolute atomic E-state index is 0.0797. The van der Waals surface area contributed by atoms with Gasteiger partial charge in [-0.2, -0.15) is 9.40 Å². The second kappa shape index (κ2) is 5.37.